The predicted molar refractivity (Wildman–Crippen MR) is 84.0 cm³/mol. The number of hydrogen-bond donors (Lipinski definition) is 0. The second-order valence-corrected chi connectivity index (χ2v) is 5.04. The van der Waals surface area contributed by atoms with Gasteiger partial charge in [0.1, 0.15) is 12.4 Å². The van der Waals surface area contributed by atoms with E-state index in [9.17, 15) is 4.79 Å². The van der Waals surface area contributed by atoms with E-state index >= 15 is 0 Å². The molecule has 0 atom stereocenters. The van der Waals surface area contributed by atoms with Gasteiger partial charge in [0.25, 0.3) is 0 Å². The zero-order chi connectivity index (χ0) is 15.1. The summed E-state index contributed by atoms with van der Waals surface area (Å²) in [7, 11) is 0. The molecule has 1 heterocycles. The molecule has 0 aliphatic carbocycles. The van der Waals surface area contributed by atoms with E-state index in [0.29, 0.717) is 23.1 Å². The van der Waals surface area contributed by atoms with Crippen LogP contribution in [0.25, 0.3) is 0 Å². The monoisotopic (exact) mass is 300 g/mol. The molecule has 108 valence electrons. The minimum atomic E-state index is 0.00445. The standard InChI is InChI=1S/C16H16N2O2S/c1-3-9-20-14-6-4-5-12(10-14)15(19)11-13-7-8-17-16(18-13)21-2/h3-8,10H,1,9,11H2,2H3. The number of rotatable bonds is 7. The van der Waals surface area contributed by atoms with Crippen molar-refractivity contribution >= 4 is 17.5 Å². The molecule has 0 aliphatic heterocycles. The zero-order valence-corrected chi connectivity index (χ0v) is 12.6. The summed E-state index contributed by atoms with van der Waals surface area (Å²) in [5, 5.41) is 0.670. The van der Waals surface area contributed by atoms with Gasteiger partial charge < -0.3 is 4.74 Å². The third-order valence-corrected chi connectivity index (χ3v) is 3.30. The summed E-state index contributed by atoms with van der Waals surface area (Å²) in [5.74, 6) is 0.665. The van der Waals surface area contributed by atoms with Gasteiger partial charge in [0.15, 0.2) is 10.9 Å². The Morgan fingerprint density at radius 2 is 2.29 bits per heavy atom. The Labute approximate surface area is 128 Å². The van der Waals surface area contributed by atoms with E-state index in [0.717, 1.165) is 5.69 Å². The van der Waals surface area contributed by atoms with Crippen molar-refractivity contribution in [2.75, 3.05) is 12.9 Å². The summed E-state index contributed by atoms with van der Waals surface area (Å²) in [4.78, 5) is 20.7. The van der Waals surface area contributed by atoms with Crippen molar-refractivity contribution < 1.29 is 9.53 Å². The second kappa shape index (κ2) is 7.59. The normalized spacial score (nSPS) is 10.1. The maximum Gasteiger partial charge on any atom is 0.187 e. The quantitative estimate of drug-likeness (QED) is 0.340. The summed E-state index contributed by atoms with van der Waals surface area (Å²) >= 11 is 1.45. The topological polar surface area (TPSA) is 52.1 Å². The second-order valence-electron chi connectivity index (χ2n) is 4.26. The average Bonchev–Trinajstić information content (AvgIpc) is 2.53. The van der Waals surface area contributed by atoms with Crippen LogP contribution in [0.15, 0.2) is 54.3 Å². The van der Waals surface area contributed by atoms with Crippen LogP contribution in [0.4, 0.5) is 0 Å². The lowest BCUT2D eigenvalue weighted by molar-refractivity contribution is 0.0991. The molecule has 1 aromatic heterocycles. The van der Waals surface area contributed by atoms with Crippen LogP contribution in [-0.2, 0) is 6.42 Å². The first kappa shape index (κ1) is 15.3. The molecule has 1 aromatic carbocycles. The van der Waals surface area contributed by atoms with E-state index in [4.69, 9.17) is 4.74 Å². The van der Waals surface area contributed by atoms with Crippen LogP contribution in [0.3, 0.4) is 0 Å². The molecule has 5 heteroatoms. The van der Waals surface area contributed by atoms with Gasteiger partial charge in [-0.15, -0.1) is 0 Å². The van der Waals surface area contributed by atoms with Crippen molar-refractivity contribution in [1.82, 2.24) is 9.97 Å². The molecule has 4 nitrogen and oxygen atoms in total. The van der Waals surface area contributed by atoms with Crippen molar-refractivity contribution in [3.63, 3.8) is 0 Å². The average molecular weight is 300 g/mol. The molecule has 0 N–H and O–H groups in total. The van der Waals surface area contributed by atoms with Crippen LogP contribution in [0, 0.1) is 0 Å². The molecule has 0 spiro atoms. The summed E-state index contributed by atoms with van der Waals surface area (Å²) in [6, 6.07) is 8.90. The number of aromatic nitrogens is 2. The van der Waals surface area contributed by atoms with Crippen molar-refractivity contribution in [3.8, 4) is 5.75 Å². The highest BCUT2D eigenvalue weighted by Crippen LogP contribution is 2.16. The number of carbonyl (C=O) groups excluding carboxylic acids is 1. The van der Waals surface area contributed by atoms with Crippen LogP contribution in [0.1, 0.15) is 16.1 Å². The lowest BCUT2D eigenvalue weighted by Crippen LogP contribution is -2.06. The molecule has 0 unspecified atom stereocenters. The van der Waals surface area contributed by atoms with Crippen molar-refractivity contribution in [1.29, 1.82) is 0 Å². The lowest BCUT2D eigenvalue weighted by atomic mass is 10.1. The molecule has 21 heavy (non-hydrogen) atoms. The number of thioether (sulfide) groups is 1. The fraction of sp³-hybridized carbons (Fsp3) is 0.188. The summed E-state index contributed by atoms with van der Waals surface area (Å²) in [6.07, 6.45) is 5.49. The Morgan fingerprint density at radius 3 is 3.05 bits per heavy atom. The number of nitrogens with zero attached hydrogens (tertiary/aromatic N) is 2. The van der Waals surface area contributed by atoms with E-state index in [1.54, 1.807) is 36.5 Å². The Balaban J connectivity index is 2.10. The zero-order valence-electron chi connectivity index (χ0n) is 11.8. The van der Waals surface area contributed by atoms with Crippen molar-refractivity contribution in [2.45, 2.75) is 11.6 Å². The molecule has 0 amide bonds. The molecule has 0 aliphatic rings. The Kier molecular flexibility index (Phi) is 5.51. The van der Waals surface area contributed by atoms with Gasteiger partial charge in [-0.3, -0.25) is 4.79 Å². The summed E-state index contributed by atoms with van der Waals surface area (Å²) < 4.78 is 5.43. The smallest absolute Gasteiger partial charge is 0.187 e. The van der Waals surface area contributed by atoms with E-state index in [1.807, 2.05) is 12.3 Å². The Morgan fingerprint density at radius 1 is 1.43 bits per heavy atom. The molecule has 0 radical (unpaired) electrons. The third kappa shape index (κ3) is 4.43. The highest BCUT2D eigenvalue weighted by atomic mass is 32.2. The van der Waals surface area contributed by atoms with Crippen LogP contribution in [0.5, 0.6) is 5.75 Å². The number of carbonyl (C=O) groups is 1. The first-order chi connectivity index (χ1) is 10.2. The van der Waals surface area contributed by atoms with Crippen LogP contribution >= 0.6 is 11.8 Å². The van der Waals surface area contributed by atoms with Gasteiger partial charge in [0, 0.05) is 11.8 Å². The van der Waals surface area contributed by atoms with Gasteiger partial charge in [-0.25, -0.2) is 9.97 Å². The SMILES string of the molecule is C=CCOc1cccc(C(=O)Cc2ccnc(SC)n2)c1. The molecule has 2 rings (SSSR count). The molecule has 0 saturated heterocycles. The molecule has 0 bridgehead atoms. The molecular formula is C16H16N2O2S. The molecule has 0 saturated carbocycles. The minimum Gasteiger partial charge on any atom is -0.490 e. The third-order valence-electron chi connectivity index (χ3n) is 2.74. The Hall–Kier alpha value is -2.14. The highest BCUT2D eigenvalue weighted by Gasteiger charge is 2.10. The van der Waals surface area contributed by atoms with Gasteiger partial charge in [-0.1, -0.05) is 36.5 Å². The fourth-order valence-electron chi connectivity index (χ4n) is 1.75. The van der Waals surface area contributed by atoms with Gasteiger partial charge in [0.05, 0.1) is 12.1 Å². The molecule has 2 aromatic rings. The fourth-order valence-corrected chi connectivity index (χ4v) is 2.13. The highest BCUT2D eigenvalue weighted by molar-refractivity contribution is 7.98. The van der Waals surface area contributed by atoms with Gasteiger partial charge >= 0.3 is 0 Å². The van der Waals surface area contributed by atoms with Crippen LogP contribution in [-0.4, -0.2) is 28.6 Å². The summed E-state index contributed by atoms with van der Waals surface area (Å²) in [5.41, 5.74) is 1.33. The van der Waals surface area contributed by atoms with Crippen molar-refractivity contribution in [3.05, 3.63) is 60.4 Å². The molecule has 0 fully saturated rings. The number of hydrogen-bond acceptors (Lipinski definition) is 5. The van der Waals surface area contributed by atoms with E-state index < -0.39 is 0 Å². The first-order valence-electron chi connectivity index (χ1n) is 6.46. The van der Waals surface area contributed by atoms with E-state index in [2.05, 4.69) is 16.5 Å². The number of ketones is 1. The number of ether oxygens (including phenoxy) is 1. The maximum atomic E-state index is 12.3. The lowest BCUT2D eigenvalue weighted by Gasteiger charge is -2.06. The van der Waals surface area contributed by atoms with Gasteiger partial charge in [-0.05, 0) is 24.5 Å². The molecular weight excluding hydrogens is 284 g/mol. The first-order valence-corrected chi connectivity index (χ1v) is 7.68. The van der Waals surface area contributed by atoms with E-state index in [-0.39, 0.29) is 12.2 Å². The van der Waals surface area contributed by atoms with E-state index in [1.165, 1.54) is 11.8 Å². The largest absolute Gasteiger partial charge is 0.490 e. The number of benzene rings is 1. The number of Topliss-reactive ketones (excluding diaryl/α,β-unsaturated/α-hetero) is 1. The maximum absolute atomic E-state index is 12.3. The Bertz CT molecular complexity index is 644. The van der Waals surface area contributed by atoms with Crippen LogP contribution < -0.4 is 4.74 Å². The van der Waals surface area contributed by atoms with Gasteiger partial charge in [0.2, 0.25) is 0 Å². The minimum absolute atomic E-state index is 0.00445. The van der Waals surface area contributed by atoms with Crippen LogP contribution in [0.2, 0.25) is 0 Å². The predicted octanol–water partition coefficient (Wildman–Crippen LogP) is 3.19. The summed E-state index contributed by atoms with van der Waals surface area (Å²) in [6.45, 7) is 4.01. The van der Waals surface area contributed by atoms with Crippen molar-refractivity contribution in [2.24, 2.45) is 0 Å². The van der Waals surface area contributed by atoms with Gasteiger partial charge in [-0.2, -0.15) is 0 Å².